The van der Waals surface area contributed by atoms with Gasteiger partial charge in [0.2, 0.25) is 0 Å². The van der Waals surface area contributed by atoms with E-state index in [9.17, 15) is 4.39 Å². The third-order valence-corrected chi connectivity index (χ3v) is 1.94. The Bertz CT molecular complexity index is 212. The highest BCUT2D eigenvalue weighted by molar-refractivity contribution is 6.33. The first-order valence-electron chi connectivity index (χ1n) is 3.24. The number of rotatable bonds is 1. The smallest absolute Gasteiger partial charge is 0.126 e. The monoisotopic (exact) mass is 151 g/mol. The van der Waals surface area contributed by atoms with Gasteiger partial charge < -0.3 is 0 Å². The first kappa shape index (κ1) is 7.47. The Morgan fingerprint density at radius 2 is 2.20 bits per heavy atom. The van der Waals surface area contributed by atoms with E-state index >= 15 is 0 Å². The molecule has 0 nitrogen and oxygen atoms in total. The third-order valence-electron chi connectivity index (χ3n) is 1.47. The van der Waals surface area contributed by atoms with Gasteiger partial charge >= 0.3 is 0 Å². The molecule has 0 fully saturated rings. The molecular weight excluding hydrogens is 143 g/mol. The molecule has 0 aromatic heterocycles. The standard InChI is InChI=1S/C8H8FSi/c1-2-6-7(9)4-3-5-8(6)10/h3-5H,2H2,1H3. The number of halogens is 1. The molecule has 0 bridgehead atoms. The van der Waals surface area contributed by atoms with Gasteiger partial charge in [0.1, 0.15) is 5.82 Å². The Morgan fingerprint density at radius 1 is 1.50 bits per heavy atom. The maximum atomic E-state index is 12.8. The second-order valence-corrected chi connectivity index (χ2v) is 2.66. The van der Waals surface area contributed by atoms with E-state index in [0.717, 1.165) is 17.2 Å². The van der Waals surface area contributed by atoms with Crippen molar-refractivity contribution in [3.63, 3.8) is 0 Å². The summed E-state index contributed by atoms with van der Waals surface area (Å²) in [6, 6.07) is 5.01. The normalized spacial score (nSPS) is 9.90. The maximum absolute atomic E-state index is 12.8. The molecule has 51 valence electrons. The Kier molecular flexibility index (Phi) is 2.22. The van der Waals surface area contributed by atoms with Crippen LogP contribution in [0.3, 0.4) is 0 Å². The summed E-state index contributed by atoms with van der Waals surface area (Å²) in [5, 5.41) is 0.850. The van der Waals surface area contributed by atoms with Gasteiger partial charge in [0.25, 0.3) is 0 Å². The third kappa shape index (κ3) is 1.26. The van der Waals surface area contributed by atoms with Crippen LogP contribution >= 0.6 is 0 Å². The zero-order valence-electron chi connectivity index (χ0n) is 5.82. The van der Waals surface area contributed by atoms with E-state index in [4.69, 9.17) is 0 Å². The zero-order chi connectivity index (χ0) is 7.56. The van der Waals surface area contributed by atoms with Gasteiger partial charge in [-0.3, -0.25) is 0 Å². The molecule has 1 aromatic rings. The second kappa shape index (κ2) is 2.97. The van der Waals surface area contributed by atoms with Crippen molar-refractivity contribution in [3.05, 3.63) is 29.6 Å². The predicted molar refractivity (Wildman–Crippen MR) is 41.2 cm³/mol. The van der Waals surface area contributed by atoms with Gasteiger partial charge in [-0.05, 0) is 18.1 Å². The average molecular weight is 151 g/mol. The molecule has 0 aliphatic carbocycles. The molecule has 3 radical (unpaired) electrons. The number of benzene rings is 1. The van der Waals surface area contributed by atoms with Crippen LogP contribution in [-0.2, 0) is 6.42 Å². The van der Waals surface area contributed by atoms with Gasteiger partial charge in [0.15, 0.2) is 0 Å². The molecule has 10 heavy (non-hydrogen) atoms. The summed E-state index contributed by atoms with van der Waals surface area (Å²) >= 11 is 0. The summed E-state index contributed by atoms with van der Waals surface area (Å²) < 4.78 is 12.8. The van der Waals surface area contributed by atoms with Crippen LogP contribution < -0.4 is 5.19 Å². The van der Waals surface area contributed by atoms with E-state index in [2.05, 4.69) is 10.2 Å². The minimum atomic E-state index is -0.130. The molecule has 0 atom stereocenters. The molecule has 0 saturated carbocycles. The van der Waals surface area contributed by atoms with Gasteiger partial charge in [-0.25, -0.2) is 4.39 Å². The van der Waals surface area contributed by atoms with Gasteiger partial charge in [0, 0.05) is 0 Å². The first-order chi connectivity index (χ1) is 4.75. The molecule has 1 aromatic carbocycles. The van der Waals surface area contributed by atoms with Crippen molar-refractivity contribution in [2.24, 2.45) is 0 Å². The maximum Gasteiger partial charge on any atom is 0.126 e. The number of hydrogen-bond donors (Lipinski definition) is 0. The lowest BCUT2D eigenvalue weighted by molar-refractivity contribution is 0.614. The van der Waals surface area contributed by atoms with Crippen LogP contribution in [0.2, 0.25) is 0 Å². The molecule has 0 unspecified atom stereocenters. The zero-order valence-corrected chi connectivity index (χ0v) is 6.82. The Morgan fingerprint density at radius 3 is 2.60 bits per heavy atom. The van der Waals surface area contributed by atoms with Crippen molar-refractivity contribution in [3.8, 4) is 0 Å². The Labute approximate surface area is 63.5 Å². The Hall–Kier alpha value is -0.633. The highest BCUT2D eigenvalue weighted by Gasteiger charge is 2.00. The van der Waals surface area contributed by atoms with Crippen molar-refractivity contribution in [2.45, 2.75) is 13.3 Å². The van der Waals surface area contributed by atoms with Crippen molar-refractivity contribution in [1.82, 2.24) is 0 Å². The van der Waals surface area contributed by atoms with Gasteiger partial charge in [-0.2, -0.15) is 0 Å². The summed E-state index contributed by atoms with van der Waals surface area (Å²) in [4.78, 5) is 0. The molecule has 0 amide bonds. The summed E-state index contributed by atoms with van der Waals surface area (Å²) in [7, 11) is 3.32. The molecule has 0 heterocycles. The van der Waals surface area contributed by atoms with Crippen LogP contribution in [0.15, 0.2) is 18.2 Å². The fraction of sp³-hybridized carbons (Fsp3) is 0.250. The fourth-order valence-electron chi connectivity index (χ4n) is 0.918. The number of hydrogen-bond acceptors (Lipinski definition) is 0. The summed E-state index contributed by atoms with van der Waals surface area (Å²) in [5.74, 6) is -0.130. The van der Waals surface area contributed by atoms with Crippen molar-refractivity contribution in [2.75, 3.05) is 0 Å². The quantitative estimate of drug-likeness (QED) is 0.529. The molecule has 0 saturated heterocycles. The second-order valence-electron chi connectivity index (χ2n) is 2.12. The van der Waals surface area contributed by atoms with E-state index < -0.39 is 0 Å². The van der Waals surface area contributed by atoms with E-state index in [1.165, 1.54) is 6.07 Å². The highest BCUT2D eigenvalue weighted by Crippen LogP contribution is 2.02. The summed E-state index contributed by atoms with van der Waals surface area (Å²) in [6.07, 6.45) is 0.728. The van der Waals surface area contributed by atoms with Crippen LogP contribution in [0.5, 0.6) is 0 Å². The largest absolute Gasteiger partial charge is 0.207 e. The van der Waals surface area contributed by atoms with Crippen molar-refractivity contribution < 1.29 is 4.39 Å². The minimum Gasteiger partial charge on any atom is -0.207 e. The minimum absolute atomic E-state index is 0.130. The van der Waals surface area contributed by atoms with Crippen LogP contribution in [-0.4, -0.2) is 10.2 Å². The van der Waals surface area contributed by atoms with E-state index in [1.54, 1.807) is 6.07 Å². The topological polar surface area (TPSA) is 0 Å². The first-order valence-corrected chi connectivity index (χ1v) is 3.74. The van der Waals surface area contributed by atoms with E-state index in [-0.39, 0.29) is 5.82 Å². The molecule has 0 spiro atoms. The Balaban J connectivity index is 3.17. The molecule has 0 N–H and O–H groups in total. The van der Waals surface area contributed by atoms with Gasteiger partial charge in [0.05, 0.1) is 10.2 Å². The average Bonchev–Trinajstić information content (AvgIpc) is 1.88. The SMILES string of the molecule is CCc1c(F)cccc1[Si]. The van der Waals surface area contributed by atoms with Gasteiger partial charge in [-0.1, -0.05) is 24.2 Å². The molecular formula is C8H8FSi. The van der Waals surface area contributed by atoms with Crippen LogP contribution in [0.4, 0.5) is 4.39 Å². The predicted octanol–water partition coefficient (Wildman–Crippen LogP) is 1.18. The summed E-state index contributed by atoms with van der Waals surface area (Å²) in [5.41, 5.74) is 0.749. The van der Waals surface area contributed by atoms with Crippen LogP contribution in [0, 0.1) is 5.82 Å². The van der Waals surface area contributed by atoms with E-state index in [1.807, 2.05) is 13.0 Å². The lowest BCUT2D eigenvalue weighted by atomic mass is 10.1. The molecule has 2 heteroatoms. The fourth-order valence-corrected chi connectivity index (χ4v) is 1.31. The van der Waals surface area contributed by atoms with Crippen molar-refractivity contribution >= 4 is 15.4 Å². The lowest BCUT2D eigenvalue weighted by Crippen LogP contribution is -2.11. The highest BCUT2D eigenvalue weighted by atomic mass is 28.1. The van der Waals surface area contributed by atoms with E-state index in [0.29, 0.717) is 0 Å². The molecule has 1 rings (SSSR count). The van der Waals surface area contributed by atoms with Crippen molar-refractivity contribution in [1.29, 1.82) is 0 Å². The van der Waals surface area contributed by atoms with Crippen LogP contribution in [0.1, 0.15) is 12.5 Å². The van der Waals surface area contributed by atoms with Crippen LogP contribution in [0.25, 0.3) is 0 Å². The molecule has 0 aliphatic rings. The van der Waals surface area contributed by atoms with Gasteiger partial charge in [-0.15, -0.1) is 0 Å². The summed E-state index contributed by atoms with van der Waals surface area (Å²) in [6.45, 7) is 1.93. The molecule has 0 aliphatic heterocycles. The lowest BCUT2D eigenvalue weighted by Gasteiger charge is -2.01.